The maximum absolute atomic E-state index is 12.0. The summed E-state index contributed by atoms with van der Waals surface area (Å²) in [5.74, 6) is -0.0983. The average molecular weight is 417 g/mol. The predicted octanol–water partition coefficient (Wildman–Crippen LogP) is 5.11. The molecule has 0 unspecified atom stereocenters. The first kappa shape index (κ1) is 23.4. The van der Waals surface area contributed by atoms with Gasteiger partial charge in [-0.3, -0.25) is 0 Å². The van der Waals surface area contributed by atoms with Crippen LogP contribution < -0.4 is 4.74 Å². The molecule has 0 heterocycles. The van der Waals surface area contributed by atoms with Crippen LogP contribution in [-0.4, -0.2) is 34.5 Å². The number of ether oxygens (including phenoxy) is 2. The summed E-state index contributed by atoms with van der Waals surface area (Å²) >= 11 is 0. The van der Waals surface area contributed by atoms with Crippen LogP contribution in [-0.2, 0) is 17.6 Å². The fourth-order valence-electron chi connectivity index (χ4n) is 3.35. The van der Waals surface area contributed by atoms with E-state index < -0.39 is 5.97 Å². The van der Waals surface area contributed by atoms with Gasteiger partial charge in [0.2, 0.25) is 0 Å². The molecule has 0 aliphatic heterocycles. The number of aromatic hydroxyl groups is 3. The number of phenols is 3. The van der Waals surface area contributed by atoms with Crippen LogP contribution in [0.15, 0.2) is 30.3 Å². The lowest BCUT2D eigenvalue weighted by Gasteiger charge is -2.15. The van der Waals surface area contributed by atoms with Crippen molar-refractivity contribution in [3.8, 4) is 23.0 Å². The van der Waals surface area contributed by atoms with Crippen LogP contribution in [0.1, 0.15) is 67.4 Å². The van der Waals surface area contributed by atoms with Gasteiger partial charge >= 0.3 is 5.97 Å². The largest absolute Gasteiger partial charge is 0.507 e. The second-order valence-corrected chi connectivity index (χ2v) is 7.21. The highest BCUT2D eigenvalue weighted by Crippen LogP contribution is 2.33. The minimum Gasteiger partial charge on any atom is -0.507 e. The number of para-hydroxylation sites is 1. The zero-order valence-corrected chi connectivity index (χ0v) is 17.8. The van der Waals surface area contributed by atoms with E-state index in [1.54, 1.807) is 25.1 Å². The Morgan fingerprint density at radius 2 is 1.67 bits per heavy atom. The van der Waals surface area contributed by atoms with Crippen molar-refractivity contribution in [3.63, 3.8) is 0 Å². The standard InChI is InChI=1S/C24H32O6/c1-3-10-18-21(15-14-19(23(18)27)24(28)29-4-2)30-16-8-6-5-7-11-17-12-9-13-20(25)22(17)26/h9,12-15,25-27H,3-8,10-11,16H2,1-2H3. The van der Waals surface area contributed by atoms with E-state index in [2.05, 4.69) is 0 Å². The van der Waals surface area contributed by atoms with Gasteiger partial charge in [0.25, 0.3) is 0 Å². The first-order valence-electron chi connectivity index (χ1n) is 10.6. The number of carbonyl (C=O) groups is 1. The van der Waals surface area contributed by atoms with Crippen molar-refractivity contribution >= 4 is 5.97 Å². The quantitative estimate of drug-likeness (QED) is 0.253. The van der Waals surface area contributed by atoms with Crippen LogP contribution in [0.3, 0.4) is 0 Å². The van der Waals surface area contributed by atoms with E-state index in [9.17, 15) is 20.1 Å². The van der Waals surface area contributed by atoms with Gasteiger partial charge in [-0.2, -0.15) is 0 Å². The fraction of sp³-hybridized carbons (Fsp3) is 0.458. The van der Waals surface area contributed by atoms with E-state index in [0.717, 1.165) is 37.7 Å². The molecule has 0 fully saturated rings. The highest BCUT2D eigenvalue weighted by molar-refractivity contribution is 5.93. The molecule has 3 N–H and O–H groups in total. The second kappa shape index (κ2) is 12.0. The Hall–Kier alpha value is -2.89. The van der Waals surface area contributed by atoms with E-state index in [4.69, 9.17) is 9.47 Å². The normalized spacial score (nSPS) is 10.7. The predicted molar refractivity (Wildman–Crippen MR) is 115 cm³/mol. The van der Waals surface area contributed by atoms with Crippen LogP contribution >= 0.6 is 0 Å². The Labute approximate surface area is 178 Å². The van der Waals surface area contributed by atoms with E-state index in [0.29, 0.717) is 30.8 Å². The molecule has 6 heteroatoms. The minimum atomic E-state index is -0.531. The smallest absolute Gasteiger partial charge is 0.341 e. The third kappa shape index (κ3) is 6.31. The van der Waals surface area contributed by atoms with Gasteiger partial charge < -0.3 is 24.8 Å². The molecule has 0 amide bonds. The number of aryl methyl sites for hydroxylation is 1. The van der Waals surface area contributed by atoms with Crippen molar-refractivity contribution in [3.05, 3.63) is 47.0 Å². The minimum absolute atomic E-state index is 0.0321. The highest BCUT2D eigenvalue weighted by Gasteiger charge is 2.19. The summed E-state index contributed by atoms with van der Waals surface area (Å²) in [6.45, 7) is 4.51. The van der Waals surface area contributed by atoms with Gasteiger partial charge in [-0.1, -0.05) is 38.3 Å². The second-order valence-electron chi connectivity index (χ2n) is 7.21. The molecule has 0 aliphatic rings. The maximum atomic E-state index is 12.0. The molecular weight excluding hydrogens is 384 g/mol. The molecule has 164 valence electrons. The lowest BCUT2D eigenvalue weighted by Crippen LogP contribution is -2.08. The molecular formula is C24H32O6. The third-order valence-electron chi connectivity index (χ3n) is 4.93. The van der Waals surface area contributed by atoms with Gasteiger partial charge in [0, 0.05) is 5.56 Å². The average Bonchev–Trinajstić information content (AvgIpc) is 2.72. The molecule has 2 aromatic rings. The van der Waals surface area contributed by atoms with E-state index in [1.807, 2.05) is 13.0 Å². The number of carbonyl (C=O) groups excluding carboxylic acids is 1. The molecule has 30 heavy (non-hydrogen) atoms. The first-order valence-corrected chi connectivity index (χ1v) is 10.6. The molecule has 0 saturated heterocycles. The molecule has 0 aliphatic carbocycles. The molecule has 0 bridgehead atoms. The number of esters is 1. The number of hydrogen-bond donors (Lipinski definition) is 3. The van der Waals surface area contributed by atoms with Crippen LogP contribution in [0.5, 0.6) is 23.0 Å². The Bertz CT molecular complexity index is 831. The van der Waals surface area contributed by atoms with Gasteiger partial charge in [-0.15, -0.1) is 0 Å². The van der Waals surface area contributed by atoms with Crippen molar-refractivity contribution in [1.82, 2.24) is 0 Å². The third-order valence-corrected chi connectivity index (χ3v) is 4.93. The summed E-state index contributed by atoms with van der Waals surface area (Å²) in [4.78, 5) is 12.0. The molecule has 0 radical (unpaired) electrons. The monoisotopic (exact) mass is 416 g/mol. The Balaban J connectivity index is 1.81. The van der Waals surface area contributed by atoms with Gasteiger partial charge in [0.05, 0.1) is 13.2 Å². The molecule has 0 saturated carbocycles. The molecule has 2 rings (SSSR count). The van der Waals surface area contributed by atoms with E-state index in [-0.39, 0.29) is 29.4 Å². The van der Waals surface area contributed by atoms with E-state index >= 15 is 0 Å². The lowest BCUT2D eigenvalue weighted by molar-refractivity contribution is 0.0522. The van der Waals surface area contributed by atoms with Gasteiger partial charge in [0.15, 0.2) is 11.5 Å². The van der Waals surface area contributed by atoms with Crippen molar-refractivity contribution < 1.29 is 29.6 Å². The number of benzene rings is 2. The molecule has 0 aromatic heterocycles. The van der Waals surface area contributed by atoms with E-state index in [1.165, 1.54) is 6.07 Å². The summed E-state index contributed by atoms with van der Waals surface area (Å²) in [7, 11) is 0. The first-order chi connectivity index (χ1) is 14.5. The Morgan fingerprint density at radius 1 is 0.900 bits per heavy atom. The zero-order valence-electron chi connectivity index (χ0n) is 17.8. The summed E-state index contributed by atoms with van der Waals surface area (Å²) in [5, 5.41) is 29.8. The highest BCUT2D eigenvalue weighted by atomic mass is 16.5. The molecule has 0 spiro atoms. The topological polar surface area (TPSA) is 96.2 Å². The van der Waals surface area contributed by atoms with Gasteiger partial charge in [-0.25, -0.2) is 4.79 Å². The summed E-state index contributed by atoms with van der Waals surface area (Å²) < 4.78 is 10.9. The number of hydrogen-bond acceptors (Lipinski definition) is 6. The zero-order chi connectivity index (χ0) is 21.9. The maximum Gasteiger partial charge on any atom is 0.341 e. The number of rotatable bonds is 12. The SMILES string of the molecule is CCCc1c(OCCCCCCc2cccc(O)c2O)ccc(C(=O)OCC)c1O. The van der Waals surface area contributed by atoms with Crippen LogP contribution in [0, 0.1) is 0 Å². The van der Waals surface area contributed by atoms with Crippen LogP contribution in [0.4, 0.5) is 0 Å². The lowest BCUT2D eigenvalue weighted by atomic mass is 10.0. The number of phenolic OH excluding ortho intramolecular Hbond substituents is 3. The van der Waals surface area contributed by atoms with Crippen molar-refractivity contribution in [2.45, 2.75) is 58.8 Å². The fourth-order valence-corrected chi connectivity index (χ4v) is 3.35. The Kier molecular flexibility index (Phi) is 9.32. The van der Waals surface area contributed by atoms with Crippen LogP contribution in [0.25, 0.3) is 0 Å². The van der Waals surface area contributed by atoms with Crippen LogP contribution in [0.2, 0.25) is 0 Å². The molecule has 6 nitrogen and oxygen atoms in total. The van der Waals surface area contributed by atoms with Crippen molar-refractivity contribution in [2.75, 3.05) is 13.2 Å². The van der Waals surface area contributed by atoms with Crippen molar-refractivity contribution in [2.24, 2.45) is 0 Å². The van der Waals surface area contributed by atoms with Gasteiger partial charge in [-0.05, 0) is 56.4 Å². The Morgan fingerprint density at radius 3 is 2.40 bits per heavy atom. The summed E-state index contributed by atoms with van der Waals surface area (Å²) in [6.07, 6.45) is 5.86. The summed E-state index contributed by atoms with van der Waals surface area (Å²) in [5.41, 5.74) is 1.57. The molecule has 0 atom stereocenters. The van der Waals surface area contributed by atoms with Crippen molar-refractivity contribution in [1.29, 1.82) is 0 Å². The number of unbranched alkanes of at least 4 members (excludes halogenated alkanes) is 3. The summed E-state index contributed by atoms with van der Waals surface area (Å²) in [6, 6.07) is 8.29. The molecule has 2 aromatic carbocycles. The van der Waals surface area contributed by atoms with Gasteiger partial charge in [0.1, 0.15) is 17.1 Å².